The smallest absolute Gasteiger partial charge is 0.161 e. The van der Waals surface area contributed by atoms with Crippen LogP contribution in [0.1, 0.15) is 39.2 Å². The minimum Gasteiger partial charge on any atom is -0.493 e. The van der Waals surface area contributed by atoms with E-state index < -0.39 is 0 Å². The number of benzene rings is 1. The second kappa shape index (κ2) is 5.65. The fourth-order valence-corrected chi connectivity index (χ4v) is 3.74. The Kier molecular flexibility index (Phi) is 4.28. The van der Waals surface area contributed by atoms with Gasteiger partial charge in [0, 0.05) is 12.0 Å². The van der Waals surface area contributed by atoms with Crippen molar-refractivity contribution in [2.24, 2.45) is 5.41 Å². The first-order valence-corrected chi connectivity index (χ1v) is 7.39. The number of hydrogen-bond donors (Lipinski definition) is 1. The van der Waals surface area contributed by atoms with Gasteiger partial charge < -0.3 is 14.8 Å². The molecule has 0 aromatic heterocycles. The number of likely N-dealkylation sites (N-methyl/N-ethyl adjacent to an activating group) is 1. The molecule has 3 heteroatoms. The zero-order valence-corrected chi connectivity index (χ0v) is 13.4. The molecule has 0 atom stereocenters. The molecule has 1 N–H and O–H groups in total. The highest BCUT2D eigenvalue weighted by molar-refractivity contribution is 5.46. The van der Waals surface area contributed by atoms with Crippen LogP contribution in [0.2, 0.25) is 0 Å². The van der Waals surface area contributed by atoms with E-state index in [-0.39, 0.29) is 5.41 Å². The van der Waals surface area contributed by atoms with Crippen molar-refractivity contribution < 1.29 is 9.47 Å². The van der Waals surface area contributed by atoms with Crippen molar-refractivity contribution in [2.75, 3.05) is 27.3 Å². The summed E-state index contributed by atoms with van der Waals surface area (Å²) in [6.45, 7) is 8.89. The summed E-state index contributed by atoms with van der Waals surface area (Å²) >= 11 is 0. The number of ether oxygens (including phenoxy) is 2. The molecule has 0 saturated heterocycles. The molecule has 112 valence electrons. The van der Waals surface area contributed by atoms with Crippen molar-refractivity contribution in [1.82, 2.24) is 5.32 Å². The third-order valence-corrected chi connectivity index (χ3v) is 4.34. The fourth-order valence-electron chi connectivity index (χ4n) is 3.74. The maximum atomic E-state index is 5.45. The standard InChI is InChI=1S/C17H27NO2/c1-6-18-12-17(10-16(2,3)11-17)13-7-8-14(19-4)15(9-13)20-5/h7-9,18H,6,10-12H2,1-5H3. The summed E-state index contributed by atoms with van der Waals surface area (Å²) in [5.74, 6) is 1.62. The maximum absolute atomic E-state index is 5.45. The average Bonchev–Trinajstić information content (AvgIpc) is 2.41. The van der Waals surface area contributed by atoms with Gasteiger partial charge in [-0.3, -0.25) is 0 Å². The van der Waals surface area contributed by atoms with Crippen molar-refractivity contribution in [3.8, 4) is 11.5 Å². The Labute approximate surface area is 122 Å². The molecule has 1 saturated carbocycles. The molecule has 1 fully saturated rings. The van der Waals surface area contributed by atoms with Gasteiger partial charge in [-0.15, -0.1) is 0 Å². The Morgan fingerprint density at radius 1 is 1.10 bits per heavy atom. The summed E-state index contributed by atoms with van der Waals surface area (Å²) < 4.78 is 10.8. The van der Waals surface area contributed by atoms with Crippen molar-refractivity contribution in [1.29, 1.82) is 0 Å². The van der Waals surface area contributed by atoms with E-state index in [4.69, 9.17) is 9.47 Å². The lowest BCUT2D eigenvalue weighted by Gasteiger charge is -2.54. The van der Waals surface area contributed by atoms with Crippen LogP contribution in [0.25, 0.3) is 0 Å². The predicted molar refractivity (Wildman–Crippen MR) is 82.8 cm³/mol. The van der Waals surface area contributed by atoms with E-state index in [0.717, 1.165) is 24.6 Å². The Balaban J connectivity index is 2.30. The largest absolute Gasteiger partial charge is 0.493 e. The number of methoxy groups -OCH3 is 2. The lowest BCUT2D eigenvalue weighted by atomic mass is 9.52. The van der Waals surface area contributed by atoms with Gasteiger partial charge in [0.2, 0.25) is 0 Å². The molecule has 1 aromatic carbocycles. The lowest BCUT2D eigenvalue weighted by molar-refractivity contribution is 0.0565. The summed E-state index contributed by atoms with van der Waals surface area (Å²) in [6.07, 6.45) is 2.42. The van der Waals surface area contributed by atoms with Crippen LogP contribution in [0.15, 0.2) is 18.2 Å². The topological polar surface area (TPSA) is 30.5 Å². The highest BCUT2D eigenvalue weighted by atomic mass is 16.5. The van der Waals surface area contributed by atoms with E-state index in [1.807, 2.05) is 6.07 Å². The fraction of sp³-hybridized carbons (Fsp3) is 0.647. The molecule has 0 radical (unpaired) electrons. The predicted octanol–water partition coefficient (Wildman–Crippen LogP) is 3.37. The van der Waals surface area contributed by atoms with Crippen molar-refractivity contribution in [2.45, 2.75) is 39.0 Å². The third kappa shape index (κ3) is 2.78. The highest BCUT2D eigenvalue weighted by Crippen LogP contribution is 2.55. The Bertz CT molecular complexity index is 460. The van der Waals surface area contributed by atoms with Crippen LogP contribution in [-0.2, 0) is 5.41 Å². The molecule has 1 aliphatic carbocycles. The molecule has 0 aliphatic heterocycles. The third-order valence-electron chi connectivity index (χ3n) is 4.34. The Hall–Kier alpha value is -1.22. The summed E-state index contributed by atoms with van der Waals surface area (Å²) in [6, 6.07) is 6.35. The molecule has 0 spiro atoms. The van der Waals surface area contributed by atoms with Gasteiger partial charge in [0.25, 0.3) is 0 Å². The molecule has 0 amide bonds. The quantitative estimate of drug-likeness (QED) is 0.865. The summed E-state index contributed by atoms with van der Waals surface area (Å²) in [5, 5.41) is 3.52. The summed E-state index contributed by atoms with van der Waals surface area (Å²) in [4.78, 5) is 0. The van der Waals surface area contributed by atoms with Gasteiger partial charge in [-0.25, -0.2) is 0 Å². The van der Waals surface area contributed by atoms with Crippen LogP contribution in [0.5, 0.6) is 11.5 Å². The molecule has 20 heavy (non-hydrogen) atoms. The summed E-state index contributed by atoms with van der Waals surface area (Å²) in [5.41, 5.74) is 2.03. The lowest BCUT2D eigenvalue weighted by Crippen LogP contribution is -2.52. The van der Waals surface area contributed by atoms with Crippen LogP contribution in [-0.4, -0.2) is 27.3 Å². The molecular formula is C17H27NO2. The van der Waals surface area contributed by atoms with Crippen molar-refractivity contribution >= 4 is 0 Å². The van der Waals surface area contributed by atoms with Gasteiger partial charge in [-0.1, -0.05) is 26.8 Å². The molecule has 0 bridgehead atoms. The highest BCUT2D eigenvalue weighted by Gasteiger charge is 2.49. The monoisotopic (exact) mass is 277 g/mol. The first-order valence-electron chi connectivity index (χ1n) is 7.39. The first kappa shape index (κ1) is 15.2. The molecule has 0 heterocycles. The van der Waals surface area contributed by atoms with Crippen LogP contribution >= 0.6 is 0 Å². The van der Waals surface area contributed by atoms with Gasteiger partial charge in [0.05, 0.1) is 14.2 Å². The van der Waals surface area contributed by atoms with Crippen LogP contribution in [0.3, 0.4) is 0 Å². The minimum absolute atomic E-state index is 0.235. The van der Waals surface area contributed by atoms with Gasteiger partial charge in [0.15, 0.2) is 11.5 Å². The number of nitrogens with one attached hydrogen (secondary N) is 1. The number of hydrogen-bond acceptors (Lipinski definition) is 3. The van der Waals surface area contributed by atoms with Gasteiger partial charge in [-0.2, -0.15) is 0 Å². The van der Waals surface area contributed by atoms with E-state index in [9.17, 15) is 0 Å². The maximum Gasteiger partial charge on any atom is 0.161 e. The number of rotatable bonds is 6. The van der Waals surface area contributed by atoms with Crippen molar-refractivity contribution in [3.63, 3.8) is 0 Å². The second-order valence-electron chi connectivity index (χ2n) is 6.65. The van der Waals surface area contributed by atoms with E-state index in [1.165, 1.54) is 18.4 Å². The van der Waals surface area contributed by atoms with Gasteiger partial charge in [0.1, 0.15) is 0 Å². The Morgan fingerprint density at radius 3 is 2.25 bits per heavy atom. The van der Waals surface area contributed by atoms with Gasteiger partial charge >= 0.3 is 0 Å². The van der Waals surface area contributed by atoms with E-state index in [0.29, 0.717) is 5.41 Å². The Morgan fingerprint density at radius 2 is 1.75 bits per heavy atom. The molecular weight excluding hydrogens is 250 g/mol. The zero-order chi connectivity index (χ0) is 14.8. The van der Waals surface area contributed by atoms with Crippen molar-refractivity contribution in [3.05, 3.63) is 23.8 Å². The van der Waals surface area contributed by atoms with E-state index in [1.54, 1.807) is 14.2 Å². The van der Waals surface area contributed by atoms with E-state index in [2.05, 4.69) is 38.2 Å². The molecule has 0 unspecified atom stereocenters. The van der Waals surface area contributed by atoms with E-state index >= 15 is 0 Å². The first-order chi connectivity index (χ1) is 9.46. The molecule has 2 rings (SSSR count). The average molecular weight is 277 g/mol. The van der Waals surface area contributed by atoms with Crippen LogP contribution in [0, 0.1) is 5.41 Å². The molecule has 3 nitrogen and oxygen atoms in total. The van der Waals surface area contributed by atoms with Crippen LogP contribution in [0.4, 0.5) is 0 Å². The molecule has 1 aromatic rings. The molecule has 1 aliphatic rings. The second-order valence-corrected chi connectivity index (χ2v) is 6.65. The normalized spacial score (nSPS) is 19.2. The zero-order valence-electron chi connectivity index (χ0n) is 13.4. The van der Waals surface area contributed by atoms with Gasteiger partial charge in [-0.05, 0) is 42.5 Å². The SMILES string of the molecule is CCNCC1(c2ccc(OC)c(OC)c2)CC(C)(C)C1. The van der Waals surface area contributed by atoms with Crippen LogP contribution < -0.4 is 14.8 Å². The summed E-state index contributed by atoms with van der Waals surface area (Å²) in [7, 11) is 3.38. The minimum atomic E-state index is 0.235.